The van der Waals surface area contributed by atoms with E-state index >= 15 is 0 Å². The molecule has 0 saturated carbocycles. The molecule has 0 spiro atoms. The molecule has 0 bridgehead atoms. The third-order valence-corrected chi connectivity index (χ3v) is 4.88. The summed E-state index contributed by atoms with van der Waals surface area (Å²) in [5, 5.41) is 0. The van der Waals surface area contributed by atoms with E-state index in [9.17, 15) is 4.79 Å². The second kappa shape index (κ2) is 9.70. The summed E-state index contributed by atoms with van der Waals surface area (Å²) in [6, 6.07) is 19.6. The van der Waals surface area contributed by atoms with Crippen molar-refractivity contribution >= 4 is 5.97 Å². The normalized spacial score (nSPS) is 12.8. The molecule has 0 aromatic heterocycles. The van der Waals surface area contributed by atoms with Crippen molar-refractivity contribution in [1.29, 1.82) is 0 Å². The predicted octanol–water partition coefficient (Wildman–Crippen LogP) is 5.00. The van der Waals surface area contributed by atoms with Crippen molar-refractivity contribution in [3.8, 4) is 0 Å². The average Bonchev–Trinajstić information content (AvgIpc) is 2.62. The first kappa shape index (κ1) is 21.2. The number of carbonyl (C=O) groups is 1. The van der Waals surface area contributed by atoms with Crippen LogP contribution >= 0.6 is 0 Å². The molecule has 3 heteroatoms. The highest BCUT2D eigenvalue weighted by molar-refractivity contribution is 5.71. The van der Waals surface area contributed by atoms with Gasteiger partial charge in [0, 0.05) is 5.92 Å². The van der Waals surface area contributed by atoms with Crippen molar-refractivity contribution in [1.82, 2.24) is 4.90 Å². The van der Waals surface area contributed by atoms with Gasteiger partial charge in [-0.25, -0.2) is 0 Å². The lowest BCUT2D eigenvalue weighted by Crippen LogP contribution is -2.29. The van der Waals surface area contributed by atoms with Gasteiger partial charge >= 0.3 is 5.97 Å². The van der Waals surface area contributed by atoms with Gasteiger partial charge in [-0.05, 0) is 49.0 Å². The molecule has 27 heavy (non-hydrogen) atoms. The Labute approximate surface area is 164 Å². The van der Waals surface area contributed by atoms with Crippen molar-refractivity contribution in [2.75, 3.05) is 26.7 Å². The van der Waals surface area contributed by atoms with Gasteiger partial charge in [-0.3, -0.25) is 9.69 Å². The van der Waals surface area contributed by atoms with E-state index in [-0.39, 0.29) is 11.4 Å². The molecule has 0 fully saturated rings. The summed E-state index contributed by atoms with van der Waals surface area (Å²) in [6.45, 7) is 10.1. The van der Waals surface area contributed by atoms with Gasteiger partial charge in [0.2, 0.25) is 0 Å². The van der Waals surface area contributed by atoms with Crippen LogP contribution in [0.15, 0.2) is 54.6 Å². The van der Waals surface area contributed by atoms with Crippen molar-refractivity contribution in [3.63, 3.8) is 0 Å². The van der Waals surface area contributed by atoms with E-state index in [1.807, 2.05) is 18.9 Å². The first-order chi connectivity index (χ1) is 12.8. The second-order valence-electron chi connectivity index (χ2n) is 8.17. The molecule has 0 radical (unpaired) electrons. The number of hydrogen-bond acceptors (Lipinski definition) is 3. The summed E-state index contributed by atoms with van der Waals surface area (Å²) < 4.78 is 5.05. The molecule has 0 aliphatic carbocycles. The first-order valence-corrected chi connectivity index (χ1v) is 9.80. The van der Waals surface area contributed by atoms with Crippen LogP contribution in [0.25, 0.3) is 0 Å². The minimum Gasteiger partial charge on any atom is -0.465 e. The molecule has 0 N–H and O–H groups in total. The van der Waals surface area contributed by atoms with Gasteiger partial charge in [-0.2, -0.15) is 0 Å². The van der Waals surface area contributed by atoms with Gasteiger partial charge in [0.05, 0.1) is 13.2 Å². The molecule has 0 amide bonds. The average molecular weight is 368 g/mol. The Hall–Kier alpha value is -2.13. The number of ether oxygens (including phenoxy) is 1. The van der Waals surface area contributed by atoms with Crippen LogP contribution in [0.1, 0.15) is 56.7 Å². The molecule has 0 aliphatic heterocycles. The summed E-state index contributed by atoms with van der Waals surface area (Å²) in [6.07, 6.45) is 0.953. The quantitative estimate of drug-likeness (QED) is 0.615. The summed E-state index contributed by atoms with van der Waals surface area (Å²) >= 11 is 0. The number of likely N-dealkylation sites (N-methyl/N-ethyl adjacent to an activating group) is 1. The minimum atomic E-state index is -0.161. The van der Waals surface area contributed by atoms with E-state index < -0.39 is 0 Å². The fourth-order valence-electron chi connectivity index (χ4n) is 3.28. The maximum atomic E-state index is 11.7. The predicted molar refractivity (Wildman–Crippen MR) is 112 cm³/mol. The number of carbonyl (C=O) groups excluding carboxylic acids is 1. The molecule has 2 aromatic rings. The van der Waals surface area contributed by atoms with Crippen LogP contribution in [-0.4, -0.2) is 37.6 Å². The fourth-order valence-corrected chi connectivity index (χ4v) is 3.28. The van der Waals surface area contributed by atoms with Crippen LogP contribution in [0, 0.1) is 0 Å². The summed E-state index contributed by atoms with van der Waals surface area (Å²) in [5.74, 6) is 0.149. The Morgan fingerprint density at radius 1 is 1.00 bits per heavy atom. The van der Waals surface area contributed by atoms with Gasteiger partial charge in [0.25, 0.3) is 0 Å². The molecule has 146 valence electrons. The highest BCUT2D eigenvalue weighted by Crippen LogP contribution is 2.30. The number of hydrogen-bond donors (Lipinski definition) is 0. The zero-order valence-corrected chi connectivity index (χ0v) is 17.4. The smallest absolute Gasteiger partial charge is 0.320 e. The Kier molecular flexibility index (Phi) is 7.61. The van der Waals surface area contributed by atoms with Crippen molar-refractivity contribution in [3.05, 3.63) is 71.3 Å². The highest BCUT2D eigenvalue weighted by atomic mass is 16.5. The van der Waals surface area contributed by atoms with Gasteiger partial charge in [-0.1, -0.05) is 75.4 Å². The lowest BCUT2D eigenvalue weighted by atomic mass is 9.83. The zero-order chi connectivity index (χ0) is 19.9. The molecule has 0 heterocycles. The third-order valence-electron chi connectivity index (χ3n) is 4.88. The molecule has 1 unspecified atom stereocenters. The van der Waals surface area contributed by atoms with E-state index in [0.717, 1.165) is 13.0 Å². The largest absolute Gasteiger partial charge is 0.465 e. The standard InChI is InChI=1S/C24H33NO2/c1-6-27-23(26)18-25(5)17-16-22(19-10-8-7-9-11-19)20-12-14-21(15-13-20)24(2,3)4/h7-15,22H,6,16-18H2,1-5H3. The summed E-state index contributed by atoms with van der Waals surface area (Å²) in [7, 11) is 1.97. The molecular formula is C24H33NO2. The minimum absolute atomic E-state index is 0.153. The molecule has 3 nitrogen and oxygen atoms in total. The van der Waals surface area contributed by atoms with Crippen LogP contribution < -0.4 is 0 Å². The number of rotatable bonds is 8. The number of nitrogens with zero attached hydrogens (tertiary/aromatic N) is 1. The Morgan fingerprint density at radius 2 is 1.59 bits per heavy atom. The molecule has 1 atom stereocenters. The van der Waals surface area contributed by atoms with Gasteiger partial charge in [-0.15, -0.1) is 0 Å². The molecule has 2 aromatic carbocycles. The van der Waals surface area contributed by atoms with Crippen LogP contribution in [0.5, 0.6) is 0 Å². The third kappa shape index (κ3) is 6.51. The molecule has 0 saturated heterocycles. The van der Waals surface area contributed by atoms with Crippen molar-refractivity contribution in [2.24, 2.45) is 0 Å². The maximum Gasteiger partial charge on any atom is 0.320 e. The Bertz CT molecular complexity index is 701. The van der Waals surface area contributed by atoms with E-state index in [1.165, 1.54) is 16.7 Å². The topological polar surface area (TPSA) is 29.5 Å². The lowest BCUT2D eigenvalue weighted by molar-refractivity contribution is -0.144. The van der Waals surface area contributed by atoms with Crippen molar-refractivity contribution < 1.29 is 9.53 Å². The van der Waals surface area contributed by atoms with E-state index in [1.54, 1.807) is 0 Å². The molecule has 0 aliphatic rings. The van der Waals surface area contributed by atoms with Crippen LogP contribution in [0.3, 0.4) is 0 Å². The fraction of sp³-hybridized carbons (Fsp3) is 0.458. The first-order valence-electron chi connectivity index (χ1n) is 9.80. The van der Waals surface area contributed by atoms with Gasteiger partial charge in [0.1, 0.15) is 0 Å². The molecular weight excluding hydrogens is 334 g/mol. The summed E-state index contributed by atoms with van der Waals surface area (Å²) in [5.41, 5.74) is 4.13. The summed E-state index contributed by atoms with van der Waals surface area (Å²) in [4.78, 5) is 13.7. The number of esters is 1. The maximum absolute atomic E-state index is 11.7. The number of benzene rings is 2. The monoisotopic (exact) mass is 367 g/mol. The van der Waals surface area contributed by atoms with Crippen LogP contribution in [0.4, 0.5) is 0 Å². The van der Waals surface area contributed by atoms with E-state index in [0.29, 0.717) is 19.1 Å². The van der Waals surface area contributed by atoms with Crippen LogP contribution in [-0.2, 0) is 14.9 Å². The highest BCUT2D eigenvalue weighted by Gasteiger charge is 2.18. The molecule has 2 rings (SSSR count). The Morgan fingerprint density at radius 3 is 2.15 bits per heavy atom. The van der Waals surface area contributed by atoms with Gasteiger partial charge < -0.3 is 4.74 Å². The van der Waals surface area contributed by atoms with Gasteiger partial charge in [0.15, 0.2) is 0 Å². The second-order valence-corrected chi connectivity index (χ2v) is 8.17. The zero-order valence-electron chi connectivity index (χ0n) is 17.4. The Balaban J connectivity index is 2.14. The SMILES string of the molecule is CCOC(=O)CN(C)CCC(c1ccccc1)c1ccc(C(C)(C)C)cc1. The van der Waals surface area contributed by atoms with Crippen LogP contribution in [0.2, 0.25) is 0 Å². The lowest BCUT2D eigenvalue weighted by Gasteiger charge is -2.24. The van der Waals surface area contributed by atoms with Crippen molar-refractivity contribution in [2.45, 2.75) is 45.4 Å². The van der Waals surface area contributed by atoms with E-state index in [4.69, 9.17) is 4.74 Å². The van der Waals surface area contributed by atoms with E-state index in [2.05, 4.69) is 75.4 Å².